The van der Waals surface area contributed by atoms with Crippen molar-refractivity contribution in [3.8, 4) is 5.75 Å². The van der Waals surface area contributed by atoms with E-state index < -0.39 is 0 Å². The van der Waals surface area contributed by atoms with Crippen molar-refractivity contribution in [2.24, 2.45) is 0 Å². The highest BCUT2D eigenvalue weighted by molar-refractivity contribution is 6.30. The molecule has 0 fully saturated rings. The zero-order chi connectivity index (χ0) is 14.7. The first-order chi connectivity index (χ1) is 10.3. The van der Waals surface area contributed by atoms with E-state index in [1.54, 1.807) is 0 Å². The fraction of sp³-hybridized carbons (Fsp3) is 0.118. The number of nitrogens with one attached hydrogen (secondary N) is 1. The number of halogens is 1. The van der Waals surface area contributed by atoms with Crippen molar-refractivity contribution in [2.75, 3.05) is 12.4 Å². The molecule has 0 unspecified atom stereocenters. The van der Waals surface area contributed by atoms with Gasteiger partial charge in [0.15, 0.2) is 0 Å². The quantitative estimate of drug-likeness (QED) is 0.769. The first-order valence-corrected chi connectivity index (χ1v) is 7.09. The SMILES string of the molecule is CNc1nc2ccccc2cc1COc1ccc(Cl)cc1. The van der Waals surface area contributed by atoms with Gasteiger partial charge in [-0.25, -0.2) is 4.98 Å². The van der Waals surface area contributed by atoms with Crippen LogP contribution in [0.25, 0.3) is 10.9 Å². The fourth-order valence-corrected chi connectivity index (χ4v) is 2.30. The van der Waals surface area contributed by atoms with Gasteiger partial charge in [0.2, 0.25) is 0 Å². The van der Waals surface area contributed by atoms with E-state index in [4.69, 9.17) is 16.3 Å². The molecule has 0 amide bonds. The van der Waals surface area contributed by atoms with Gasteiger partial charge in [0.05, 0.1) is 5.52 Å². The molecule has 0 aliphatic rings. The number of anilines is 1. The minimum Gasteiger partial charge on any atom is -0.489 e. The number of para-hydroxylation sites is 1. The summed E-state index contributed by atoms with van der Waals surface area (Å²) in [6, 6.07) is 17.5. The number of pyridine rings is 1. The number of aromatic nitrogens is 1. The van der Waals surface area contributed by atoms with Gasteiger partial charge in [0, 0.05) is 23.0 Å². The highest BCUT2D eigenvalue weighted by Gasteiger charge is 2.06. The molecule has 2 aromatic carbocycles. The van der Waals surface area contributed by atoms with E-state index in [0.717, 1.165) is 28.0 Å². The molecule has 3 aromatic rings. The maximum atomic E-state index is 5.87. The summed E-state index contributed by atoms with van der Waals surface area (Å²) in [5.74, 6) is 1.62. The summed E-state index contributed by atoms with van der Waals surface area (Å²) in [5.41, 5.74) is 1.99. The first-order valence-electron chi connectivity index (χ1n) is 6.71. The van der Waals surface area contributed by atoms with Gasteiger partial charge in [-0.3, -0.25) is 0 Å². The molecule has 0 aliphatic heterocycles. The van der Waals surface area contributed by atoms with Crippen LogP contribution in [0.3, 0.4) is 0 Å². The second kappa shape index (κ2) is 6.02. The van der Waals surface area contributed by atoms with Crippen LogP contribution in [-0.4, -0.2) is 12.0 Å². The lowest BCUT2D eigenvalue weighted by atomic mass is 10.1. The molecule has 3 rings (SSSR count). The molecule has 0 atom stereocenters. The molecule has 1 aromatic heterocycles. The Morgan fingerprint density at radius 1 is 1.10 bits per heavy atom. The monoisotopic (exact) mass is 298 g/mol. The Hall–Kier alpha value is -2.26. The lowest BCUT2D eigenvalue weighted by Gasteiger charge is -2.11. The molecule has 1 heterocycles. The van der Waals surface area contributed by atoms with Crippen molar-refractivity contribution in [1.29, 1.82) is 0 Å². The van der Waals surface area contributed by atoms with Crippen LogP contribution in [0.4, 0.5) is 5.82 Å². The maximum absolute atomic E-state index is 5.87. The molecule has 0 saturated carbocycles. The van der Waals surface area contributed by atoms with Gasteiger partial charge in [-0.2, -0.15) is 0 Å². The Balaban J connectivity index is 1.86. The maximum Gasteiger partial charge on any atom is 0.133 e. The lowest BCUT2D eigenvalue weighted by molar-refractivity contribution is 0.306. The van der Waals surface area contributed by atoms with Gasteiger partial charge in [0.1, 0.15) is 18.2 Å². The Kier molecular flexibility index (Phi) is 3.93. The average Bonchev–Trinajstić information content (AvgIpc) is 2.53. The third-order valence-corrected chi connectivity index (χ3v) is 3.50. The number of benzene rings is 2. The van der Waals surface area contributed by atoms with Gasteiger partial charge < -0.3 is 10.1 Å². The van der Waals surface area contributed by atoms with Crippen molar-refractivity contribution in [3.05, 3.63) is 65.2 Å². The van der Waals surface area contributed by atoms with Crippen molar-refractivity contribution in [2.45, 2.75) is 6.61 Å². The fourth-order valence-electron chi connectivity index (χ4n) is 2.18. The highest BCUT2D eigenvalue weighted by atomic mass is 35.5. The third kappa shape index (κ3) is 3.09. The normalized spacial score (nSPS) is 10.6. The average molecular weight is 299 g/mol. The Morgan fingerprint density at radius 3 is 2.62 bits per heavy atom. The largest absolute Gasteiger partial charge is 0.489 e. The Labute approximate surface area is 128 Å². The summed E-state index contributed by atoms with van der Waals surface area (Å²) in [6.07, 6.45) is 0. The molecule has 4 heteroatoms. The van der Waals surface area contributed by atoms with Gasteiger partial charge in [-0.05, 0) is 36.4 Å². The van der Waals surface area contributed by atoms with Crippen LogP contribution in [-0.2, 0) is 6.61 Å². The molecule has 0 saturated heterocycles. The molecule has 106 valence electrons. The smallest absolute Gasteiger partial charge is 0.133 e. The van der Waals surface area contributed by atoms with Gasteiger partial charge in [-0.15, -0.1) is 0 Å². The topological polar surface area (TPSA) is 34.2 Å². The summed E-state index contributed by atoms with van der Waals surface area (Å²) in [4.78, 5) is 4.61. The van der Waals surface area contributed by atoms with Crippen LogP contribution in [0.1, 0.15) is 5.56 Å². The number of nitrogens with zero attached hydrogens (tertiary/aromatic N) is 1. The summed E-state index contributed by atoms with van der Waals surface area (Å²) >= 11 is 5.87. The lowest BCUT2D eigenvalue weighted by Crippen LogP contribution is -2.03. The number of hydrogen-bond acceptors (Lipinski definition) is 3. The predicted molar refractivity (Wildman–Crippen MR) is 87.1 cm³/mol. The molecular weight excluding hydrogens is 284 g/mol. The van der Waals surface area contributed by atoms with Crippen LogP contribution in [0.15, 0.2) is 54.6 Å². The van der Waals surface area contributed by atoms with Gasteiger partial charge in [0.25, 0.3) is 0 Å². The summed E-state index contributed by atoms with van der Waals surface area (Å²) in [6.45, 7) is 0.454. The summed E-state index contributed by atoms with van der Waals surface area (Å²) < 4.78 is 5.80. The minimum absolute atomic E-state index is 0.454. The molecule has 0 spiro atoms. The van der Waals surface area contributed by atoms with Crippen molar-refractivity contribution >= 4 is 28.3 Å². The third-order valence-electron chi connectivity index (χ3n) is 3.25. The van der Waals surface area contributed by atoms with Crippen molar-refractivity contribution in [3.63, 3.8) is 0 Å². The second-order valence-electron chi connectivity index (χ2n) is 4.68. The van der Waals surface area contributed by atoms with Crippen LogP contribution >= 0.6 is 11.6 Å². The van der Waals surface area contributed by atoms with Gasteiger partial charge >= 0.3 is 0 Å². The van der Waals surface area contributed by atoms with Gasteiger partial charge in [-0.1, -0.05) is 29.8 Å². The summed E-state index contributed by atoms with van der Waals surface area (Å²) in [7, 11) is 1.86. The molecule has 3 nitrogen and oxygen atoms in total. The van der Waals surface area contributed by atoms with E-state index in [9.17, 15) is 0 Å². The van der Waals surface area contributed by atoms with E-state index in [-0.39, 0.29) is 0 Å². The standard InChI is InChI=1S/C17H15ClN2O/c1-19-17-13(10-12-4-2-3-5-16(12)20-17)11-21-15-8-6-14(18)7-9-15/h2-10H,11H2,1H3,(H,19,20). The number of fused-ring (bicyclic) bond motifs is 1. The van der Waals surface area contributed by atoms with E-state index >= 15 is 0 Å². The number of rotatable bonds is 4. The second-order valence-corrected chi connectivity index (χ2v) is 5.12. The molecule has 0 aliphatic carbocycles. The molecule has 21 heavy (non-hydrogen) atoms. The van der Waals surface area contributed by atoms with Crippen molar-refractivity contribution < 1.29 is 4.74 Å². The van der Waals surface area contributed by atoms with Crippen LogP contribution in [0, 0.1) is 0 Å². The minimum atomic E-state index is 0.454. The van der Waals surface area contributed by atoms with E-state index in [0.29, 0.717) is 11.6 Å². The van der Waals surface area contributed by atoms with E-state index in [1.165, 1.54) is 0 Å². The molecule has 0 bridgehead atoms. The molecular formula is C17H15ClN2O. The number of hydrogen-bond donors (Lipinski definition) is 1. The van der Waals surface area contributed by atoms with Crippen LogP contribution in [0.5, 0.6) is 5.75 Å². The van der Waals surface area contributed by atoms with Crippen LogP contribution in [0.2, 0.25) is 5.02 Å². The zero-order valence-electron chi connectivity index (χ0n) is 11.6. The van der Waals surface area contributed by atoms with Crippen LogP contribution < -0.4 is 10.1 Å². The van der Waals surface area contributed by atoms with Crippen molar-refractivity contribution in [1.82, 2.24) is 4.98 Å². The predicted octanol–water partition coefficient (Wildman–Crippen LogP) is 4.51. The highest BCUT2D eigenvalue weighted by Crippen LogP contribution is 2.22. The summed E-state index contributed by atoms with van der Waals surface area (Å²) in [5, 5.41) is 4.92. The first kappa shape index (κ1) is 13.7. The Bertz CT molecular complexity index is 756. The zero-order valence-corrected chi connectivity index (χ0v) is 12.4. The number of ether oxygens (including phenoxy) is 1. The molecule has 0 radical (unpaired) electrons. The van der Waals surface area contributed by atoms with E-state index in [1.807, 2.05) is 55.6 Å². The molecule has 1 N–H and O–H groups in total. The van der Waals surface area contributed by atoms with E-state index in [2.05, 4.69) is 16.4 Å². The Morgan fingerprint density at radius 2 is 1.86 bits per heavy atom.